The number of aryl methyl sites for hydroxylation is 1. The van der Waals surface area contributed by atoms with E-state index in [9.17, 15) is 29.7 Å². The number of esters is 1. The minimum absolute atomic E-state index is 0.0116. The van der Waals surface area contributed by atoms with Crippen LogP contribution in [0.4, 0.5) is 5.82 Å². The zero-order valence-corrected chi connectivity index (χ0v) is 31.0. The van der Waals surface area contributed by atoms with Gasteiger partial charge in [0.1, 0.15) is 17.7 Å². The van der Waals surface area contributed by atoms with E-state index < -0.39 is 45.9 Å². The normalized spacial score (nSPS) is 38.2. The van der Waals surface area contributed by atoms with Gasteiger partial charge in [-0.2, -0.15) is 0 Å². The third kappa shape index (κ3) is 5.84. The smallest absolute Gasteiger partial charge is 0.320 e. The van der Waals surface area contributed by atoms with Gasteiger partial charge in [0.25, 0.3) is 0 Å². The first kappa shape index (κ1) is 36.9. The quantitative estimate of drug-likeness (QED) is 0.268. The van der Waals surface area contributed by atoms with Gasteiger partial charge in [-0.15, -0.1) is 6.58 Å². The Hall–Kier alpha value is -3.46. The highest BCUT2D eigenvalue weighted by Gasteiger charge is 2.72. The lowest BCUT2D eigenvalue weighted by atomic mass is 9.42. The number of ketones is 1. The number of aliphatic hydroxyl groups is 3. The average Bonchev–Trinajstić information content (AvgIpc) is 3.85. The summed E-state index contributed by atoms with van der Waals surface area (Å²) in [5, 5.41) is 33.6. The number of ether oxygens (including phenoxy) is 1. The van der Waals surface area contributed by atoms with Crippen molar-refractivity contribution in [3.05, 3.63) is 25.3 Å². The maximum absolute atomic E-state index is 13.7. The number of carbonyl (C=O) groups is 3. The van der Waals surface area contributed by atoms with Crippen molar-refractivity contribution in [2.24, 2.45) is 28.1 Å². The molecule has 14 nitrogen and oxygen atoms in total. The Morgan fingerprint density at radius 3 is 2.48 bits per heavy atom. The van der Waals surface area contributed by atoms with Crippen LogP contribution in [-0.4, -0.2) is 132 Å². The average molecular weight is 722 g/mol. The number of hydrogen-bond acceptors (Lipinski definition) is 12. The molecule has 3 N–H and O–H groups in total. The second kappa shape index (κ2) is 13.4. The van der Waals surface area contributed by atoms with Crippen LogP contribution in [0.15, 0.2) is 25.3 Å². The van der Waals surface area contributed by atoms with E-state index in [1.807, 2.05) is 47.0 Å². The first-order valence-electron chi connectivity index (χ1n) is 19.0. The van der Waals surface area contributed by atoms with Gasteiger partial charge in [0.2, 0.25) is 5.91 Å². The zero-order valence-electron chi connectivity index (χ0n) is 31.0. The Morgan fingerprint density at radius 2 is 1.79 bits per heavy atom. The van der Waals surface area contributed by atoms with E-state index in [-0.39, 0.29) is 43.1 Å². The molecular weight excluding hydrogens is 666 g/mol. The van der Waals surface area contributed by atoms with Gasteiger partial charge in [0.05, 0.1) is 31.2 Å². The van der Waals surface area contributed by atoms with Crippen LogP contribution in [0.25, 0.3) is 11.2 Å². The lowest BCUT2D eigenvalue weighted by molar-refractivity contribution is -0.252. The van der Waals surface area contributed by atoms with Crippen LogP contribution in [0.5, 0.6) is 0 Å². The summed E-state index contributed by atoms with van der Waals surface area (Å²) in [6.45, 7) is 15.4. The number of carbonyl (C=O) groups excluding carboxylic acids is 3. The monoisotopic (exact) mass is 721 g/mol. The van der Waals surface area contributed by atoms with Crippen LogP contribution in [0.3, 0.4) is 0 Å². The molecule has 9 atom stereocenters. The van der Waals surface area contributed by atoms with E-state index in [2.05, 4.69) is 21.5 Å². The number of fused-ring (bicyclic) bond motifs is 1. The highest BCUT2D eigenvalue weighted by Crippen LogP contribution is 2.69. The SMILES string of the molecule is C=CC1(C)CC(O)C2(C)C3C(=O)CCC3(CCC2(C)OC(=O)CN2CCN(C(=O)CCn3cnc4c(N5CCC(O)C5)ncnc43)CC2)C(C)C1O. The fraction of sp³-hybridized carbons (Fsp3) is 0.737. The zero-order chi connectivity index (χ0) is 37.2. The van der Waals surface area contributed by atoms with Crippen molar-refractivity contribution in [1.82, 2.24) is 29.3 Å². The number of rotatable bonds is 8. The Morgan fingerprint density at radius 1 is 1.04 bits per heavy atom. The lowest BCUT2D eigenvalue weighted by Gasteiger charge is -2.64. The standard InChI is InChI=1S/C38H55N7O7/c1-6-35(3)19-27(48)37(5)31-26(47)7-10-38(31,24(2)32(35)51)12-11-36(37,4)52-29(50)21-42-15-17-43(18-16-42)28(49)9-14-45-23-41-30-33(39-22-40-34(30)45)44-13-8-25(46)20-44/h6,22-25,27,31-32,46,48,51H,1,7-21H2,2-5H3. The Balaban J connectivity index is 0.967. The van der Waals surface area contributed by atoms with Gasteiger partial charge in [-0.1, -0.05) is 26.8 Å². The second-order valence-electron chi connectivity index (χ2n) is 16.9. The van der Waals surface area contributed by atoms with E-state index >= 15 is 0 Å². The molecule has 4 heterocycles. The molecule has 3 saturated carbocycles. The van der Waals surface area contributed by atoms with Crippen LogP contribution in [0.1, 0.15) is 72.6 Å². The van der Waals surface area contributed by atoms with Crippen molar-refractivity contribution in [3.8, 4) is 0 Å². The molecule has 7 rings (SSSR count). The Bertz CT molecular complexity index is 1730. The van der Waals surface area contributed by atoms with Crippen molar-refractivity contribution >= 4 is 34.6 Å². The number of β-amino-alcohol motifs (C(OH)–C–C–N with tert-alkyl or cyclic N) is 1. The van der Waals surface area contributed by atoms with Crippen LogP contribution in [0, 0.1) is 28.1 Å². The topological polar surface area (TPSA) is 174 Å². The Kier molecular flexibility index (Phi) is 9.53. The molecule has 3 aliphatic carbocycles. The number of aromatic nitrogens is 4. The fourth-order valence-corrected chi connectivity index (χ4v) is 10.7. The predicted octanol–water partition coefficient (Wildman–Crippen LogP) is 1.95. The highest BCUT2D eigenvalue weighted by molar-refractivity contribution is 5.86. The molecule has 2 saturated heterocycles. The molecule has 284 valence electrons. The molecule has 0 aromatic carbocycles. The van der Waals surface area contributed by atoms with Crippen molar-refractivity contribution in [2.45, 2.75) is 103 Å². The number of anilines is 1. The molecule has 2 bridgehead atoms. The van der Waals surface area contributed by atoms with Gasteiger partial charge in [-0.25, -0.2) is 15.0 Å². The van der Waals surface area contributed by atoms with E-state index in [4.69, 9.17) is 4.74 Å². The number of amides is 1. The van der Waals surface area contributed by atoms with Crippen molar-refractivity contribution in [1.29, 1.82) is 0 Å². The molecule has 2 aliphatic heterocycles. The molecule has 0 radical (unpaired) electrons. The largest absolute Gasteiger partial charge is 0.458 e. The molecule has 0 spiro atoms. The van der Waals surface area contributed by atoms with Crippen molar-refractivity contribution in [3.63, 3.8) is 0 Å². The van der Waals surface area contributed by atoms with E-state index in [0.29, 0.717) is 94.9 Å². The minimum Gasteiger partial charge on any atom is -0.458 e. The van der Waals surface area contributed by atoms with Gasteiger partial charge in [-0.05, 0) is 50.4 Å². The molecule has 5 fully saturated rings. The van der Waals surface area contributed by atoms with Gasteiger partial charge in [0, 0.05) is 75.4 Å². The molecule has 2 aromatic heterocycles. The molecular formula is C38H55N7O7. The maximum Gasteiger partial charge on any atom is 0.320 e. The number of Topliss-reactive ketones (excluding diaryl/α,β-unsaturated/α-hetero) is 1. The van der Waals surface area contributed by atoms with Crippen LogP contribution in [0.2, 0.25) is 0 Å². The van der Waals surface area contributed by atoms with Gasteiger partial charge in [-0.3, -0.25) is 19.3 Å². The summed E-state index contributed by atoms with van der Waals surface area (Å²) in [5.41, 5.74) is -2.11. The van der Waals surface area contributed by atoms with Crippen molar-refractivity contribution in [2.75, 3.05) is 50.7 Å². The molecule has 52 heavy (non-hydrogen) atoms. The van der Waals surface area contributed by atoms with E-state index in [0.717, 1.165) is 0 Å². The molecule has 9 unspecified atom stereocenters. The predicted molar refractivity (Wildman–Crippen MR) is 192 cm³/mol. The summed E-state index contributed by atoms with van der Waals surface area (Å²) >= 11 is 0. The molecule has 1 amide bonds. The number of hydrogen-bond donors (Lipinski definition) is 3. The third-order valence-electron chi connectivity index (χ3n) is 14.2. The van der Waals surface area contributed by atoms with Crippen molar-refractivity contribution < 1.29 is 34.4 Å². The number of imidazole rings is 1. The molecule has 2 aromatic rings. The molecule has 5 aliphatic rings. The van der Waals surface area contributed by atoms with Crippen LogP contribution < -0.4 is 4.90 Å². The molecule has 14 heteroatoms. The third-order valence-corrected chi connectivity index (χ3v) is 14.2. The van der Waals surface area contributed by atoms with E-state index in [1.165, 1.54) is 6.33 Å². The first-order valence-corrected chi connectivity index (χ1v) is 19.0. The second-order valence-corrected chi connectivity index (χ2v) is 16.9. The summed E-state index contributed by atoms with van der Waals surface area (Å²) < 4.78 is 8.25. The summed E-state index contributed by atoms with van der Waals surface area (Å²) in [4.78, 5) is 59.9. The van der Waals surface area contributed by atoms with Crippen LogP contribution >= 0.6 is 0 Å². The van der Waals surface area contributed by atoms with Gasteiger partial charge >= 0.3 is 5.97 Å². The summed E-state index contributed by atoms with van der Waals surface area (Å²) in [6, 6.07) is 0. The van der Waals surface area contributed by atoms with E-state index in [1.54, 1.807) is 12.4 Å². The van der Waals surface area contributed by atoms with Gasteiger partial charge in [0.15, 0.2) is 17.0 Å². The Labute approximate surface area is 305 Å². The van der Waals surface area contributed by atoms with Crippen LogP contribution in [-0.2, 0) is 25.7 Å². The minimum atomic E-state index is -1.10. The lowest BCUT2D eigenvalue weighted by Crippen LogP contribution is -2.69. The summed E-state index contributed by atoms with van der Waals surface area (Å²) in [7, 11) is 0. The van der Waals surface area contributed by atoms with Gasteiger partial charge < -0.3 is 34.4 Å². The number of aliphatic hydroxyl groups excluding tert-OH is 3. The first-order chi connectivity index (χ1) is 24.7. The summed E-state index contributed by atoms with van der Waals surface area (Å²) in [5.74, 6) is -0.366. The summed E-state index contributed by atoms with van der Waals surface area (Å²) in [6.07, 6.45) is 6.05. The number of nitrogens with zero attached hydrogens (tertiary/aromatic N) is 7. The number of piperazine rings is 1. The highest BCUT2D eigenvalue weighted by atomic mass is 16.6. The maximum atomic E-state index is 13.7. The fourth-order valence-electron chi connectivity index (χ4n) is 10.7.